The summed E-state index contributed by atoms with van der Waals surface area (Å²) in [4.78, 5) is 8.87. The molecule has 4 nitrogen and oxygen atoms in total. The highest BCUT2D eigenvalue weighted by Crippen LogP contribution is 2.23. The summed E-state index contributed by atoms with van der Waals surface area (Å²) in [6, 6.07) is 5.88. The van der Waals surface area contributed by atoms with Crippen LogP contribution >= 0.6 is 15.9 Å². The third kappa shape index (κ3) is 3.56. The molecule has 0 saturated carbocycles. The molecule has 19 heavy (non-hydrogen) atoms. The summed E-state index contributed by atoms with van der Waals surface area (Å²) >= 11 is 3.42. The Labute approximate surface area is 121 Å². The highest BCUT2D eigenvalue weighted by Gasteiger charge is 2.12. The Morgan fingerprint density at radius 2 is 1.95 bits per heavy atom. The third-order valence-corrected chi connectivity index (χ3v) is 3.19. The van der Waals surface area contributed by atoms with Gasteiger partial charge in [-0.05, 0) is 41.9 Å². The topological polar surface area (TPSA) is 51.0 Å². The molecule has 0 aliphatic rings. The van der Waals surface area contributed by atoms with Crippen LogP contribution in [-0.4, -0.2) is 9.97 Å². The van der Waals surface area contributed by atoms with Gasteiger partial charge in [0.05, 0.1) is 6.04 Å². The van der Waals surface area contributed by atoms with Gasteiger partial charge < -0.3 is 9.73 Å². The lowest BCUT2D eigenvalue weighted by Crippen LogP contribution is -2.09. The molecule has 0 fully saturated rings. The molecule has 0 aliphatic heterocycles. The zero-order valence-electron chi connectivity index (χ0n) is 11.6. The fraction of sp³-hybridized carbons (Fsp3) is 0.429. The van der Waals surface area contributed by atoms with Crippen LogP contribution in [0.4, 0.5) is 5.82 Å². The molecular formula is C14H18BrN3O. The Balaban J connectivity index is 2.18. The molecule has 0 aromatic carbocycles. The predicted molar refractivity (Wildman–Crippen MR) is 79.3 cm³/mol. The van der Waals surface area contributed by atoms with Crippen molar-refractivity contribution in [1.29, 1.82) is 0 Å². The normalized spacial score (nSPS) is 12.7. The maximum atomic E-state index is 5.61. The van der Waals surface area contributed by atoms with E-state index in [2.05, 4.69) is 45.1 Å². The van der Waals surface area contributed by atoms with Crippen molar-refractivity contribution >= 4 is 21.7 Å². The van der Waals surface area contributed by atoms with Crippen LogP contribution in [-0.2, 0) is 0 Å². The number of aromatic nitrogens is 2. The Morgan fingerprint density at radius 3 is 2.53 bits per heavy atom. The van der Waals surface area contributed by atoms with Crippen molar-refractivity contribution in [3.63, 3.8) is 0 Å². The number of rotatable bonds is 4. The highest BCUT2D eigenvalue weighted by atomic mass is 79.9. The Hall–Kier alpha value is -1.36. The molecule has 0 aliphatic carbocycles. The van der Waals surface area contributed by atoms with E-state index in [1.54, 1.807) is 0 Å². The minimum Gasteiger partial charge on any atom is -0.464 e. The Morgan fingerprint density at radius 1 is 1.21 bits per heavy atom. The van der Waals surface area contributed by atoms with Crippen LogP contribution in [0.2, 0.25) is 0 Å². The van der Waals surface area contributed by atoms with E-state index in [9.17, 15) is 0 Å². The van der Waals surface area contributed by atoms with Crippen molar-refractivity contribution in [1.82, 2.24) is 9.97 Å². The van der Waals surface area contributed by atoms with Crippen LogP contribution in [0.1, 0.15) is 50.1 Å². The van der Waals surface area contributed by atoms with Gasteiger partial charge in [-0.25, -0.2) is 9.97 Å². The van der Waals surface area contributed by atoms with Crippen molar-refractivity contribution < 1.29 is 4.42 Å². The minimum absolute atomic E-state index is 0.0653. The number of anilines is 1. The molecule has 1 atom stereocenters. The average Bonchev–Trinajstić information content (AvgIpc) is 2.75. The summed E-state index contributed by atoms with van der Waals surface area (Å²) in [7, 11) is 0. The summed E-state index contributed by atoms with van der Waals surface area (Å²) in [5.74, 6) is 3.72. The molecule has 102 valence electrons. The van der Waals surface area contributed by atoms with Gasteiger partial charge in [0.1, 0.15) is 27.8 Å². The molecule has 2 heterocycles. The van der Waals surface area contributed by atoms with Crippen LogP contribution in [0.25, 0.3) is 0 Å². The quantitative estimate of drug-likeness (QED) is 0.845. The molecule has 2 aromatic rings. The van der Waals surface area contributed by atoms with Gasteiger partial charge in [0, 0.05) is 12.0 Å². The fourth-order valence-electron chi connectivity index (χ4n) is 1.75. The lowest BCUT2D eigenvalue weighted by atomic mass is 10.2. The molecule has 1 N–H and O–H groups in total. The van der Waals surface area contributed by atoms with Gasteiger partial charge in [0.2, 0.25) is 0 Å². The monoisotopic (exact) mass is 323 g/mol. The van der Waals surface area contributed by atoms with Crippen molar-refractivity contribution in [3.05, 3.63) is 40.1 Å². The highest BCUT2D eigenvalue weighted by molar-refractivity contribution is 9.10. The smallest absolute Gasteiger partial charge is 0.134 e. The first kappa shape index (κ1) is 14.1. The average molecular weight is 324 g/mol. The number of nitrogens with zero attached hydrogens (tertiary/aromatic N) is 2. The molecule has 2 aromatic heterocycles. The lowest BCUT2D eigenvalue weighted by molar-refractivity contribution is 0.466. The van der Waals surface area contributed by atoms with Gasteiger partial charge in [-0.3, -0.25) is 0 Å². The number of nitrogens with one attached hydrogen (secondary N) is 1. The van der Waals surface area contributed by atoms with Crippen LogP contribution in [0.3, 0.4) is 0 Å². The van der Waals surface area contributed by atoms with Crippen LogP contribution in [0.15, 0.2) is 27.2 Å². The minimum atomic E-state index is 0.0653. The zero-order valence-corrected chi connectivity index (χ0v) is 13.2. The van der Waals surface area contributed by atoms with Gasteiger partial charge in [-0.15, -0.1) is 0 Å². The third-order valence-electron chi connectivity index (χ3n) is 2.78. The summed E-state index contributed by atoms with van der Waals surface area (Å²) in [6.45, 7) is 8.13. The number of aryl methyl sites for hydroxylation is 1. The van der Waals surface area contributed by atoms with Gasteiger partial charge in [-0.1, -0.05) is 13.8 Å². The molecule has 2 rings (SSSR count). The van der Waals surface area contributed by atoms with E-state index >= 15 is 0 Å². The number of halogens is 1. The number of hydrogen-bond donors (Lipinski definition) is 1. The van der Waals surface area contributed by atoms with Gasteiger partial charge >= 0.3 is 0 Å². The standard InChI is InChI=1S/C14H18BrN3O/c1-8(2)14-17-12(15)7-13(18-14)16-10(4)11-6-5-9(3)19-11/h5-8,10H,1-4H3,(H,16,17,18). The Bertz CT molecular complexity index is 566. The van der Waals surface area contributed by atoms with Gasteiger partial charge in [0.25, 0.3) is 0 Å². The lowest BCUT2D eigenvalue weighted by Gasteiger charge is -2.14. The number of hydrogen-bond acceptors (Lipinski definition) is 4. The molecule has 0 amide bonds. The maximum absolute atomic E-state index is 5.61. The zero-order chi connectivity index (χ0) is 14.0. The van der Waals surface area contributed by atoms with E-state index in [4.69, 9.17) is 4.42 Å². The first-order valence-corrected chi connectivity index (χ1v) is 7.12. The second kappa shape index (κ2) is 5.74. The molecule has 0 spiro atoms. The maximum Gasteiger partial charge on any atom is 0.134 e. The summed E-state index contributed by atoms with van der Waals surface area (Å²) in [5.41, 5.74) is 0. The van der Waals surface area contributed by atoms with Crippen LogP contribution in [0.5, 0.6) is 0 Å². The second-order valence-electron chi connectivity index (χ2n) is 4.90. The van der Waals surface area contributed by atoms with Crippen molar-refractivity contribution in [2.75, 3.05) is 5.32 Å². The molecule has 0 saturated heterocycles. The van der Waals surface area contributed by atoms with Crippen LogP contribution in [0, 0.1) is 6.92 Å². The molecular weight excluding hydrogens is 306 g/mol. The van der Waals surface area contributed by atoms with Gasteiger partial charge in [-0.2, -0.15) is 0 Å². The predicted octanol–water partition coefficient (Wildman–Crippen LogP) is 4.44. The van der Waals surface area contributed by atoms with Crippen molar-refractivity contribution in [2.24, 2.45) is 0 Å². The Kier molecular flexibility index (Phi) is 4.24. The number of furan rings is 1. The van der Waals surface area contributed by atoms with Crippen LogP contribution < -0.4 is 5.32 Å². The first-order valence-electron chi connectivity index (χ1n) is 6.33. The molecule has 1 unspecified atom stereocenters. The summed E-state index contributed by atoms with van der Waals surface area (Å²) in [6.07, 6.45) is 0. The first-order chi connectivity index (χ1) is 8.95. The van der Waals surface area contributed by atoms with E-state index in [0.717, 1.165) is 27.8 Å². The molecule has 0 bridgehead atoms. The molecule has 0 radical (unpaired) electrons. The van der Waals surface area contributed by atoms with Crippen molar-refractivity contribution in [3.8, 4) is 0 Å². The van der Waals surface area contributed by atoms with Gasteiger partial charge in [0.15, 0.2) is 0 Å². The largest absolute Gasteiger partial charge is 0.464 e. The van der Waals surface area contributed by atoms with E-state index in [-0.39, 0.29) is 6.04 Å². The SMILES string of the molecule is Cc1ccc(C(C)Nc2cc(Br)nc(C(C)C)n2)o1. The second-order valence-corrected chi connectivity index (χ2v) is 5.72. The van der Waals surface area contributed by atoms with E-state index < -0.39 is 0 Å². The van der Waals surface area contributed by atoms with E-state index in [1.165, 1.54) is 0 Å². The van der Waals surface area contributed by atoms with E-state index in [1.807, 2.05) is 32.0 Å². The van der Waals surface area contributed by atoms with E-state index in [0.29, 0.717) is 5.92 Å². The molecule has 5 heteroatoms. The summed E-state index contributed by atoms with van der Waals surface area (Å²) < 4.78 is 6.40. The van der Waals surface area contributed by atoms with Crippen molar-refractivity contribution in [2.45, 2.75) is 39.7 Å². The fourth-order valence-corrected chi connectivity index (χ4v) is 2.14. The summed E-state index contributed by atoms with van der Waals surface area (Å²) in [5, 5.41) is 3.33.